The standard InChI is InChI=1S/C21H38N4O4/c1-21(2,3)29-20(27)25-12-6-7-16(15-25)8-11-23-19(22-4)24-13-9-17(10-14-24)18(26)28-5/h16-17H,6-15H2,1-5H3,(H,22,23). The Morgan fingerprint density at radius 3 is 2.38 bits per heavy atom. The summed E-state index contributed by atoms with van der Waals surface area (Å²) in [5.74, 6) is 1.23. The lowest BCUT2D eigenvalue weighted by Crippen LogP contribution is -2.47. The fraction of sp³-hybridized carbons (Fsp3) is 0.857. The third kappa shape index (κ3) is 7.40. The Bertz CT molecular complexity index is 580. The number of nitrogens with one attached hydrogen (secondary N) is 1. The monoisotopic (exact) mass is 410 g/mol. The van der Waals surface area contributed by atoms with E-state index < -0.39 is 5.60 Å². The molecule has 0 aliphatic carbocycles. The zero-order valence-corrected chi connectivity index (χ0v) is 18.7. The van der Waals surface area contributed by atoms with E-state index in [1.807, 2.05) is 25.7 Å². The Labute approximate surface area is 175 Å². The van der Waals surface area contributed by atoms with Crippen molar-refractivity contribution in [2.45, 2.75) is 58.5 Å². The number of methoxy groups -OCH3 is 1. The molecule has 0 saturated carbocycles. The minimum Gasteiger partial charge on any atom is -0.469 e. The van der Waals surface area contributed by atoms with Crippen LogP contribution in [-0.4, -0.2) is 80.3 Å². The molecule has 0 bridgehead atoms. The van der Waals surface area contributed by atoms with E-state index in [2.05, 4.69) is 15.2 Å². The second kappa shape index (κ2) is 10.7. The molecule has 166 valence electrons. The predicted octanol–water partition coefficient (Wildman–Crippen LogP) is 2.48. The first kappa shape index (κ1) is 23.3. The molecule has 2 rings (SSSR count). The van der Waals surface area contributed by atoms with Crippen molar-refractivity contribution >= 4 is 18.0 Å². The van der Waals surface area contributed by atoms with Crippen molar-refractivity contribution in [3.63, 3.8) is 0 Å². The SMILES string of the molecule is CN=C(NCCC1CCCN(C(=O)OC(C)(C)C)C1)N1CCC(C(=O)OC)CC1. The second-order valence-corrected chi connectivity index (χ2v) is 8.98. The number of carbonyl (C=O) groups excluding carboxylic acids is 2. The highest BCUT2D eigenvalue weighted by Gasteiger charge is 2.29. The van der Waals surface area contributed by atoms with Crippen molar-refractivity contribution in [3.05, 3.63) is 0 Å². The summed E-state index contributed by atoms with van der Waals surface area (Å²) in [4.78, 5) is 32.4. The Hall–Kier alpha value is -1.99. The van der Waals surface area contributed by atoms with Gasteiger partial charge in [-0.05, 0) is 58.8 Å². The van der Waals surface area contributed by atoms with Crippen LogP contribution in [0.5, 0.6) is 0 Å². The Kier molecular flexibility index (Phi) is 8.59. The van der Waals surface area contributed by atoms with Gasteiger partial charge < -0.3 is 24.6 Å². The van der Waals surface area contributed by atoms with E-state index in [0.29, 0.717) is 5.92 Å². The Balaban J connectivity index is 1.74. The van der Waals surface area contributed by atoms with Crippen molar-refractivity contribution in [1.29, 1.82) is 0 Å². The van der Waals surface area contributed by atoms with E-state index in [1.54, 1.807) is 7.05 Å². The molecular formula is C21H38N4O4. The number of ether oxygens (including phenoxy) is 2. The number of amides is 1. The first-order chi connectivity index (χ1) is 13.7. The molecule has 1 N–H and O–H groups in total. The molecule has 2 heterocycles. The molecule has 0 radical (unpaired) electrons. The van der Waals surface area contributed by atoms with Crippen LogP contribution in [-0.2, 0) is 14.3 Å². The van der Waals surface area contributed by atoms with Gasteiger partial charge in [-0.1, -0.05) is 0 Å². The van der Waals surface area contributed by atoms with Crippen molar-refractivity contribution in [1.82, 2.24) is 15.1 Å². The summed E-state index contributed by atoms with van der Waals surface area (Å²) in [5.41, 5.74) is -0.459. The van der Waals surface area contributed by atoms with E-state index >= 15 is 0 Å². The van der Waals surface area contributed by atoms with Gasteiger partial charge in [0.2, 0.25) is 0 Å². The number of hydrogen-bond acceptors (Lipinski definition) is 5. The van der Waals surface area contributed by atoms with Crippen LogP contribution in [0.15, 0.2) is 4.99 Å². The minimum atomic E-state index is -0.459. The molecule has 2 fully saturated rings. The maximum Gasteiger partial charge on any atom is 0.410 e. The molecule has 2 aliphatic heterocycles. The Morgan fingerprint density at radius 1 is 1.10 bits per heavy atom. The average molecular weight is 411 g/mol. The first-order valence-corrected chi connectivity index (χ1v) is 10.7. The molecule has 1 atom stereocenters. The lowest BCUT2D eigenvalue weighted by atomic mass is 9.95. The van der Waals surface area contributed by atoms with Crippen LogP contribution in [0.2, 0.25) is 0 Å². The molecule has 8 nitrogen and oxygen atoms in total. The number of nitrogens with zero attached hydrogens (tertiary/aromatic N) is 3. The molecule has 0 aromatic heterocycles. The summed E-state index contributed by atoms with van der Waals surface area (Å²) in [5, 5.41) is 3.45. The third-order valence-electron chi connectivity index (χ3n) is 5.55. The molecule has 29 heavy (non-hydrogen) atoms. The number of rotatable bonds is 4. The maximum atomic E-state index is 12.3. The van der Waals surface area contributed by atoms with Crippen molar-refractivity contribution in [2.24, 2.45) is 16.8 Å². The van der Waals surface area contributed by atoms with E-state index in [-0.39, 0.29) is 18.0 Å². The van der Waals surface area contributed by atoms with E-state index in [4.69, 9.17) is 9.47 Å². The summed E-state index contributed by atoms with van der Waals surface area (Å²) >= 11 is 0. The number of aliphatic imine (C=N–C) groups is 1. The van der Waals surface area contributed by atoms with Crippen LogP contribution in [0, 0.1) is 11.8 Å². The van der Waals surface area contributed by atoms with Gasteiger partial charge in [-0.3, -0.25) is 9.79 Å². The summed E-state index contributed by atoms with van der Waals surface area (Å²) in [6.07, 6.45) is 4.50. The molecule has 1 unspecified atom stereocenters. The highest BCUT2D eigenvalue weighted by atomic mass is 16.6. The number of guanidine groups is 1. The van der Waals surface area contributed by atoms with Crippen LogP contribution < -0.4 is 5.32 Å². The molecule has 0 aromatic rings. The van der Waals surface area contributed by atoms with Gasteiger partial charge >= 0.3 is 12.1 Å². The largest absolute Gasteiger partial charge is 0.469 e. The molecule has 8 heteroatoms. The fourth-order valence-corrected chi connectivity index (χ4v) is 4.01. The number of hydrogen-bond donors (Lipinski definition) is 1. The van der Waals surface area contributed by atoms with Crippen LogP contribution in [0.4, 0.5) is 4.79 Å². The molecule has 1 amide bonds. The topological polar surface area (TPSA) is 83.5 Å². The normalized spacial score (nSPS) is 21.7. The highest BCUT2D eigenvalue weighted by Crippen LogP contribution is 2.22. The van der Waals surface area contributed by atoms with Crippen LogP contribution in [0.3, 0.4) is 0 Å². The summed E-state index contributed by atoms with van der Waals surface area (Å²) in [7, 11) is 3.24. The molecule has 2 aliphatic rings. The summed E-state index contributed by atoms with van der Waals surface area (Å²) in [6.45, 7) is 9.64. The van der Waals surface area contributed by atoms with Crippen molar-refractivity contribution < 1.29 is 19.1 Å². The van der Waals surface area contributed by atoms with Crippen LogP contribution >= 0.6 is 0 Å². The van der Waals surface area contributed by atoms with Crippen molar-refractivity contribution in [3.8, 4) is 0 Å². The lowest BCUT2D eigenvalue weighted by molar-refractivity contribution is -0.146. The van der Waals surface area contributed by atoms with E-state index in [0.717, 1.165) is 70.8 Å². The molecule has 2 saturated heterocycles. The molecular weight excluding hydrogens is 372 g/mol. The third-order valence-corrected chi connectivity index (χ3v) is 5.55. The predicted molar refractivity (Wildman–Crippen MR) is 113 cm³/mol. The van der Waals surface area contributed by atoms with E-state index in [9.17, 15) is 9.59 Å². The Morgan fingerprint density at radius 2 is 1.79 bits per heavy atom. The summed E-state index contributed by atoms with van der Waals surface area (Å²) < 4.78 is 10.4. The van der Waals surface area contributed by atoms with Crippen LogP contribution in [0.1, 0.15) is 52.9 Å². The quantitative estimate of drug-likeness (QED) is 0.436. The maximum absolute atomic E-state index is 12.3. The van der Waals surface area contributed by atoms with Gasteiger partial charge in [0.25, 0.3) is 0 Å². The minimum absolute atomic E-state index is 0.00423. The van der Waals surface area contributed by atoms with Gasteiger partial charge in [0.05, 0.1) is 13.0 Å². The smallest absolute Gasteiger partial charge is 0.410 e. The van der Waals surface area contributed by atoms with Crippen molar-refractivity contribution in [2.75, 3.05) is 46.9 Å². The lowest BCUT2D eigenvalue weighted by Gasteiger charge is -2.35. The molecule has 0 aromatic carbocycles. The highest BCUT2D eigenvalue weighted by molar-refractivity contribution is 5.80. The number of esters is 1. The van der Waals surface area contributed by atoms with Gasteiger partial charge in [-0.15, -0.1) is 0 Å². The second-order valence-electron chi connectivity index (χ2n) is 8.98. The number of likely N-dealkylation sites (tertiary alicyclic amines) is 2. The zero-order valence-electron chi connectivity index (χ0n) is 18.7. The van der Waals surface area contributed by atoms with Gasteiger partial charge in [0, 0.05) is 39.8 Å². The first-order valence-electron chi connectivity index (χ1n) is 10.7. The zero-order chi connectivity index (χ0) is 21.4. The van der Waals surface area contributed by atoms with Gasteiger partial charge in [-0.2, -0.15) is 0 Å². The van der Waals surface area contributed by atoms with Crippen LogP contribution in [0.25, 0.3) is 0 Å². The van der Waals surface area contributed by atoms with E-state index in [1.165, 1.54) is 7.11 Å². The fourth-order valence-electron chi connectivity index (χ4n) is 4.01. The summed E-state index contributed by atoms with van der Waals surface area (Å²) in [6, 6.07) is 0. The number of piperidine rings is 2. The number of carbonyl (C=O) groups is 2. The van der Waals surface area contributed by atoms with Gasteiger partial charge in [0.15, 0.2) is 5.96 Å². The van der Waals surface area contributed by atoms with Gasteiger partial charge in [-0.25, -0.2) is 4.79 Å². The average Bonchev–Trinajstić information content (AvgIpc) is 2.70. The molecule has 0 spiro atoms. The van der Waals surface area contributed by atoms with Gasteiger partial charge in [0.1, 0.15) is 5.60 Å².